The standard InChI is InChI=1S/C16H23ClN4/c17-14-4-5-15(19-18-14)21-11-8-16(12-21)6-9-20(10-7-16)13-2-1-3-13/h4-5,13H,1-3,6-12H2. The molecule has 3 aliphatic rings. The molecule has 0 aromatic carbocycles. The number of halogens is 1. The second kappa shape index (κ2) is 5.40. The third-order valence-electron chi connectivity index (χ3n) is 5.83. The van der Waals surface area contributed by atoms with Gasteiger partial charge in [0.2, 0.25) is 0 Å². The molecular formula is C16H23ClN4. The van der Waals surface area contributed by atoms with Crippen molar-refractivity contribution in [3.63, 3.8) is 0 Å². The maximum absolute atomic E-state index is 5.83. The van der Waals surface area contributed by atoms with Crippen molar-refractivity contribution in [3.8, 4) is 0 Å². The zero-order chi connectivity index (χ0) is 14.3. The summed E-state index contributed by atoms with van der Waals surface area (Å²) in [7, 11) is 0. The Morgan fingerprint density at radius 2 is 1.81 bits per heavy atom. The predicted molar refractivity (Wildman–Crippen MR) is 84.8 cm³/mol. The van der Waals surface area contributed by atoms with Gasteiger partial charge in [0, 0.05) is 19.1 Å². The molecule has 0 radical (unpaired) electrons. The van der Waals surface area contributed by atoms with E-state index in [0.29, 0.717) is 10.6 Å². The predicted octanol–water partition coefficient (Wildman–Crippen LogP) is 2.97. The van der Waals surface area contributed by atoms with E-state index in [0.717, 1.165) is 24.9 Å². The third kappa shape index (κ3) is 2.64. The van der Waals surface area contributed by atoms with Crippen molar-refractivity contribution in [2.45, 2.75) is 44.6 Å². The molecule has 1 aliphatic carbocycles. The summed E-state index contributed by atoms with van der Waals surface area (Å²) in [6.45, 7) is 4.84. The molecule has 1 spiro atoms. The molecule has 3 fully saturated rings. The first-order valence-electron chi connectivity index (χ1n) is 8.22. The largest absolute Gasteiger partial charge is 0.355 e. The Labute approximate surface area is 131 Å². The third-order valence-corrected chi connectivity index (χ3v) is 6.03. The summed E-state index contributed by atoms with van der Waals surface area (Å²) < 4.78 is 0. The summed E-state index contributed by atoms with van der Waals surface area (Å²) in [6.07, 6.45) is 8.30. The molecule has 2 aliphatic heterocycles. The molecule has 0 unspecified atom stereocenters. The van der Waals surface area contributed by atoms with E-state index >= 15 is 0 Å². The summed E-state index contributed by atoms with van der Waals surface area (Å²) >= 11 is 5.83. The average Bonchev–Trinajstić information content (AvgIpc) is 2.85. The number of nitrogens with zero attached hydrogens (tertiary/aromatic N) is 4. The van der Waals surface area contributed by atoms with Crippen LogP contribution in [-0.2, 0) is 0 Å². The van der Waals surface area contributed by atoms with Gasteiger partial charge in [-0.1, -0.05) is 18.0 Å². The van der Waals surface area contributed by atoms with Crippen molar-refractivity contribution >= 4 is 17.4 Å². The number of piperidine rings is 1. The summed E-state index contributed by atoms with van der Waals surface area (Å²) in [5.74, 6) is 0.984. The topological polar surface area (TPSA) is 32.3 Å². The van der Waals surface area contributed by atoms with Gasteiger partial charge in [-0.05, 0) is 62.7 Å². The summed E-state index contributed by atoms with van der Waals surface area (Å²) in [6, 6.07) is 4.74. The van der Waals surface area contributed by atoms with E-state index in [4.69, 9.17) is 11.6 Å². The van der Waals surface area contributed by atoms with Gasteiger partial charge in [0.25, 0.3) is 0 Å². The first kappa shape index (κ1) is 13.8. The van der Waals surface area contributed by atoms with Crippen LogP contribution in [0.3, 0.4) is 0 Å². The van der Waals surface area contributed by atoms with Gasteiger partial charge in [-0.15, -0.1) is 10.2 Å². The van der Waals surface area contributed by atoms with E-state index in [1.807, 2.05) is 12.1 Å². The molecule has 4 rings (SSSR count). The van der Waals surface area contributed by atoms with Gasteiger partial charge in [-0.3, -0.25) is 0 Å². The highest BCUT2D eigenvalue weighted by atomic mass is 35.5. The molecule has 0 N–H and O–H groups in total. The van der Waals surface area contributed by atoms with Gasteiger partial charge in [-0.2, -0.15) is 0 Å². The van der Waals surface area contributed by atoms with E-state index in [1.165, 1.54) is 51.6 Å². The molecule has 0 bridgehead atoms. The molecule has 21 heavy (non-hydrogen) atoms. The summed E-state index contributed by atoms with van der Waals surface area (Å²) in [5, 5.41) is 8.69. The fourth-order valence-corrected chi connectivity index (χ4v) is 4.23. The summed E-state index contributed by atoms with van der Waals surface area (Å²) in [4.78, 5) is 5.13. The van der Waals surface area contributed by atoms with Crippen LogP contribution in [0.15, 0.2) is 12.1 Å². The van der Waals surface area contributed by atoms with Gasteiger partial charge in [0.1, 0.15) is 0 Å². The Morgan fingerprint density at radius 1 is 1.05 bits per heavy atom. The molecule has 5 heteroatoms. The van der Waals surface area contributed by atoms with Crippen LogP contribution in [-0.4, -0.2) is 47.3 Å². The van der Waals surface area contributed by atoms with E-state index in [9.17, 15) is 0 Å². The number of likely N-dealkylation sites (tertiary alicyclic amines) is 1. The zero-order valence-electron chi connectivity index (χ0n) is 12.5. The molecule has 114 valence electrons. The Balaban J connectivity index is 1.38. The van der Waals surface area contributed by atoms with E-state index < -0.39 is 0 Å². The number of rotatable bonds is 2. The molecule has 2 saturated heterocycles. The monoisotopic (exact) mass is 306 g/mol. The number of hydrogen-bond acceptors (Lipinski definition) is 4. The van der Waals surface area contributed by atoms with Gasteiger partial charge in [0.05, 0.1) is 0 Å². The smallest absolute Gasteiger partial charge is 0.151 e. The van der Waals surface area contributed by atoms with Crippen LogP contribution in [0.25, 0.3) is 0 Å². The van der Waals surface area contributed by atoms with E-state index in [1.54, 1.807) is 0 Å². The molecule has 0 amide bonds. The minimum atomic E-state index is 0.474. The molecule has 4 nitrogen and oxygen atoms in total. The normalized spacial score (nSPS) is 26.2. The number of hydrogen-bond donors (Lipinski definition) is 0. The Bertz CT molecular complexity index is 492. The SMILES string of the molecule is Clc1ccc(N2CCC3(CCN(C4CCC4)CC3)C2)nn1. The summed E-state index contributed by atoms with van der Waals surface area (Å²) in [5.41, 5.74) is 0.515. The van der Waals surface area contributed by atoms with Gasteiger partial charge in [0.15, 0.2) is 11.0 Å². The minimum absolute atomic E-state index is 0.474. The van der Waals surface area contributed by atoms with Gasteiger partial charge < -0.3 is 9.80 Å². The maximum Gasteiger partial charge on any atom is 0.151 e. The van der Waals surface area contributed by atoms with Crippen LogP contribution in [0.4, 0.5) is 5.82 Å². The van der Waals surface area contributed by atoms with Crippen molar-refractivity contribution in [1.29, 1.82) is 0 Å². The molecule has 1 aromatic heterocycles. The number of anilines is 1. The van der Waals surface area contributed by atoms with Crippen LogP contribution in [0, 0.1) is 5.41 Å². The lowest BCUT2D eigenvalue weighted by Gasteiger charge is -2.45. The highest BCUT2D eigenvalue weighted by Crippen LogP contribution is 2.43. The van der Waals surface area contributed by atoms with Crippen molar-refractivity contribution in [1.82, 2.24) is 15.1 Å². The second-order valence-electron chi connectivity index (χ2n) is 7.01. The molecule has 1 saturated carbocycles. The van der Waals surface area contributed by atoms with Crippen molar-refractivity contribution < 1.29 is 0 Å². The lowest BCUT2D eigenvalue weighted by atomic mass is 9.76. The van der Waals surface area contributed by atoms with Gasteiger partial charge >= 0.3 is 0 Å². The molecule has 1 aromatic rings. The van der Waals surface area contributed by atoms with E-state index in [2.05, 4.69) is 20.0 Å². The van der Waals surface area contributed by atoms with Crippen LogP contribution in [0.5, 0.6) is 0 Å². The lowest BCUT2D eigenvalue weighted by Crippen LogP contribution is -2.48. The second-order valence-corrected chi connectivity index (χ2v) is 7.39. The number of aromatic nitrogens is 2. The highest BCUT2D eigenvalue weighted by molar-refractivity contribution is 6.29. The van der Waals surface area contributed by atoms with Crippen molar-refractivity contribution in [2.24, 2.45) is 5.41 Å². The van der Waals surface area contributed by atoms with E-state index in [-0.39, 0.29) is 0 Å². The minimum Gasteiger partial charge on any atom is -0.355 e. The lowest BCUT2D eigenvalue weighted by molar-refractivity contribution is 0.0524. The fourth-order valence-electron chi connectivity index (χ4n) is 4.13. The van der Waals surface area contributed by atoms with Gasteiger partial charge in [-0.25, -0.2) is 0 Å². The van der Waals surface area contributed by atoms with Crippen LogP contribution in [0.2, 0.25) is 5.15 Å². The molecule has 0 atom stereocenters. The quantitative estimate of drug-likeness (QED) is 0.841. The van der Waals surface area contributed by atoms with Crippen LogP contribution >= 0.6 is 11.6 Å². The van der Waals surface area contributed by atoms with Crippen molar-refractivity contribution in [3.05, 3.63) is 17.3 Å². The first-order valence-corrected chi connectivity index (χ1v) is 8.60. The zero-order valence-corrected chi connectivity index (χ0v) is 13.2. The highest BCUT2D eigenvalue weighted by Gasteiger charge is 2.42. The molecular weight excluding hydrogens is 284 g/mol. The average molecular weight is 307 g/mol. The Morgan fingerprint density at radius 3 is 2.43 bits per heavy atom. The van der Waals surface area contributed by atoms with Crippen LogP contribution < -0.4 is 4.90 Å². The Hall–Kier alpha value is -0.870. The fraction of sp³-hybridized carbons (Fsp3) is 0.750. The van der Waals surface area contributed by atoms with Crippen LogP contribution in [0.1, 0.15) is 38.5 Å². The first-order chi connectivity index (χ1) is 10.2. The Kier molecular flexibility index (Phi) is 3.54. The maximum atomic E-state index is 5.83. The van der Waals surface area contributed by atoms with Crippen molar-refractivity contribution in [2.75, 3.05) is 31.1 Å². The molecule has 3 heterocycles.